The highest BCUT2D eigenvalue weighted by atomic mass is 16.5. The Bertz CT molecular complexity index is 996. The Hall–Kier alpha value is -3.60. The van der Waals surface area contributed by atoms with Gasteiger partial charge in [0.05, 0.1) is 25.3 Å². The molecular weight excluding hydrogens is 368 g/mol. The van der Waals surface area contributed by atoms with Crippen molar-refractivity contribution in [3.8, 4) is 11.5 Å². The van der Waals surface area contributed by atoms with E-state index in [4.69, 9.17) is 14.2 Å². The van der Waals surface area contributed by atoms with E-state index in [-0.39, 0.29) is 11.9 Å². The van der Waals surface area contributed by atoms with E-state index in [1.807, 2.05) is 0 Å². The minimum atomic E-state index is -0.388. The predicted molar refractivity (Wildman–Crippen MR) is 108 cm³/mol. The largest absolute Gasteiger partial charge is 0.465 e. The molecule has 3 aromatic rings. The summed E-state index contributed by atoms with van der Waals surface area (Å²) in [4.78, 5) is 23.9. The third kappa shape index (κ3) is 3.85. The van der Waals surface area contributed by atoms with Crippen LogP contribution >= 0.6 is 0 Å². The van der Waals surface area contributed by atoms with E-state index in [1.54, 1.807) is 36.4 Å². The van der Waals surface area contributed by atoms with Gasteiger partial charge in [-0.05, 0) is 47.5 Å². The van der Waals surface area contributed by atoms with Gasteiger partial charge in [0.2, 0.25) is 0 Å². The van der Waals surface area contributed by atoms with E-state index in [1.165, 1.54) is 14.2 Å². The van der Waals surface area contributed by atoms with Crippen LogP contribution in [-0.4, -0.2) is 26.2 Å². The zero-order valence-corrected chi connectivity index (χ0v) is 16.2. The molecule has 2 heterocycles. The number of hydrogen-bond acceptors (Lipinski definition) is 5. The lowest BCUT2D eigenvalue weighted by Gasteiger charge is -2.15. The summed E-state index contributed by atoms with van der Waals surface area (Å²) in [6.07, 6.45) is 1.24. The number of benzene rings is 3. The second-order valence-corrected chi connectivity index (χ2v) is 6.90. The Morgan fingerprint density at radius 3 is 1.48 bits per heavy atom. The van der Waals surface area contributed by atoms with Gasteiger partial charge in [-0.25, -0.2) is 9.59 Å². The third-order valence-corrected chi connectivity index (χ3v) is 5.00. The summed E-state index contributed by atoms with van der Waals surface area (Å²) < 4.78 is 15.9. The number of rotatable bonds is 2. The standard InChI is InChI=1S/C24H20O5/c1-27-23(25)17-7-9-21-19(13-17)11-15-3-5-16(6-4-15)12-20-14-18(24(26)28-2)8-10-22(20)29-21/h3-10,13-14H,11-12H2,1-2H3. The number of esters is 2. The average Bonchev–Trinajstić information content (AvgIpc) is 2.80. The molecule has 0 saturated carbocycles. The molecule has 3 aromatic carbocycles. The fourth-order valence-corrected chi connectivity index (χ4v) is 3.46. The Morgan fingerprint density at radius 2 is 1.10 bits per heavy atom. The molecule has 0 saturated heterocycles. The highest BCUT2D eigenvalue weighted by molar-refractivity contribution is 5.90. The number of ether oxygens (including phenoxy) is 3. The van der Waals surface area contributed by atoms with Gasteiger partial charge in [0.25, 0.3) is 0 Å². The maximum Gasteiger partial charge on any atom is 0.337 e. The van der Waals surface area contributed by atoms with Crippen LogP contribution in [0.15, 0.2) is 60.7 Å². The van der Waals surface area contributed by atoms with Gasteiger partial charge in [-0.1, -0.05) is 24.3 Å². The lowest BCUT2D eigenvalue weighted by Crippen LogP contribution is -2.05. The number of carbonyl (C=O) groups excluding carboxylic acids is 2. The minimum absolute atomic E-state index is 0.388. The molecule has 2 bridgehead atoms. The fraction of sp³-hybridized carbons (Fsp3) is 0.167. The van der Waals surface area contributed by atoms with Crippen molar-refractivity contribution in [2.75, 3.05) is 14.2 Å². The average molecular weight is 388 g/mol. The van der Waals surface area contributed by atoms with E-state index in [0.717, 1.165) is 22.3 Å². The summed E-state index contributed by atoms with van der Waals surface area (Å²) >= 11 is 0. The van der Waals surface area contributed by atoms with Gasteiger partial charge in [0.1, 0.15) is 11.5 Å². The summed E-state index contributed by atoms with van der Waals surface area (Å²) in [6.45, 7) is 0. The van der Waals surface area contributed by atoms with Crippen LogP contribution in [0.25, 0.3) is 0 Å². The number of methoxy groups -OCH3 is 2. The highest BCUT2D eigenvalue weighted by Gasteiger charge is 2.17. The summed E-state index contributed by atoms with van der Waals surface area (Å²) in [5, 5.41) is 0. The van der Waals surface area contributed by atoms with Gasteiger partial charge < -0.3 is 14.2 Å². The molecule has 0 unspecified atom stereocenters. The Balaban J connectivity index is 1.85. The Morgan fingerprint density at radius 1 is 0.690 bits per heavy atom. The smallest absolute Gasteiger partial charge is 0.337 e. The van der Waals surface area contributed by atoms with Crippen molar-refractivity contribution >= 4 is 11.9 Å². The van der Waals surface area contributed by atoms with Crippen LogP contribution in [0.2, 0.25) is 0 Å². The second-order valence-electron chi connectivity index (χ2n) is 6.90. The normalized spacial score (nSPS) is 12.1. The molecule has 0 spiro atoms. The maximum atomic E-state index is 12.0. The molecule has 29 heavy (non-hydrogen) atoms. The van der Waals surface area contributed by atoms with Crippen molar-refractivity contribution in [2.24, 2.45) is 0 Å². The van der Waals surface area contributed by atoms with Crippen molar-refractivity contribution in [3.05, 3.63) is 94.0 Å². The van der Waals surface area contributed by atoms with E-state index in [2.05, 4.69) is 24.3 Å². The van der Waals surface area contributed by atoms with Crippen LogP contribution in [0, 0.1) is 0 Å². The molecule has 2 aliphatic rings. The second kappa shape index (κ2) is 7.80. The first kappa shape index (κ1) is 18.7. The molecule has 2 aliphatic heterocycles. The van der Waals surface area contributed by atoms with Gasteiger partial charge in [-0.15, -0.1) is 0 Å². The summed E-state index contributed by atoms with van der Waals surface area (Å²) in [6, 6.07) is 18.8. The molecule has 0 aliphatic carbocycles. The van der Waals surface area contributed by atoms with E-state index in [9.17, 15) is 9.59 Å². The van der Waals surface area contributed by atoms with Crippen LogP contribution in [0.5, 0.6) is 11.5 Å². The van der Waals surface area contributed by atoms with Crippen LogP contribution < -0.4 is 4.74 Å². The molecular formula is C24H20O5. The molecule has 0 atom stereocenters. The summed E-state index contributed by atoms with van der Waals surface area (Å²) in [5.41, 5.74) is 4.94. The van der Waals surface area contributed by atoms with Gasteiger partial charge in [-0.2, -0.15) is 0 Å². The lowest BCUT2D eigenvalue weighted by molar-refractivity contribution is 0.0592. The first-order valence-corrected chi connectivity index (χ1v) is 9.25. The number of carbonyl (C=O) groups is 2. The highest BCUT2D eigenvalue weighted by Crippen LogP contribution is 2.33. The summed E-state index contributed by atoms with van der Waals surface area (Å²) in [5.74, 6) is 0.546. The Labute approximate surface area is 168 Å². The quantitative estimate of drug-likeness (QED) is 0.472. The van der Waals surface area contributed by atoms with E-state index >= 15 is 0 Å². The Kier molecular flexibility index (Phi) is 5.04. The van der Waals surface area contributed by atoms with E-state index in [0.29, 0.717) is 35.5 Å². The summed E-state index contributed by atoms with van der Waals surface area (Å²) in [7, 11) is 2.73. The van der Waals surface area contributed by atoms with Crippen molar-refractivity contribution in [3.63, 3.8) is 0 Å². The van der Waals surface area contributed by atoms with Crippen LogP contribution in [0.3, 0.4) is 0 Å². The van der Waals surface area contributed by atoms with Gasteiger partial charge >= 0.3 is 11.9 Å². The van der Waals surface area contributed by atoms with Crippen LogP contribution in [0.1, 0.15) is 43.0 Å². The van der Waals surface area contributed by atoms with Gasteiger partial charge in [0, 0.05) is 24.0 Å². The lowest BCUT2D eigenvalue weighted by atomic mass is 9.99. The molecule has 0 amide bonds. The predicted octanol–water partition coefficient (Wildman–Crippen LogP) is 4.55. The van der Waals surface area contributed by atoms with Crippen molar-refractivity contribution in [2.45, 2.75) is 12.8 Å². The topological polar surface area (TPSA) is 61.8 Å². The molecule has 0 N–H and O–H groups in total. The first-order valence-electron chi connectivity index (χ1n) is 9.25. The van der Waals surface area contributed by atoms with Crippen LogP contribution in [-0.2, 0) is 22.3 Å². The van der Waals surface area contributed by atoms with E-state index < -0.39 is 0 Å². The van der Waals surface area contributed by atoms with Crippen LogP contribution in [0.4, 0.5) is 0 Å². The van der Waals surface area contributed by atoms with Crippen molar-refractivity contribution < 1.29 is 23.8 Å². The molecule has 5 heteroatoms. The maximum absolute atomic E-state index is 12.0. The molecule has 0 radical (unpaired) electrons. The van der Waals surface area contributed by atoms with Crippen molar-refractivity contribution in [1.29, 1.82) is 0 Å². The first-order chi connectivity index (χ1) is 14.1. The van der Waals surface area contributed by atoms with Gasteiger partial charge in [-0.3, -0.25) is 0 Å². The third-order valence-electron chi connectivity index (χ3n) is 5.00. The number of fused-ring (bicyclic) bond motifs is 2. The molecule has 0 fully saturated rings. The SMILES string of the molecule is COC(=O)c1ccc2c(c1)Cc1ccc(cc1)Cc1cc(C(=O)OC)ccc1O2. The minimum Gasteiger partial charge on any atom is -0.465 e. The molecule has 146 valence electrons. The zero-order valence-electron chi connectivity index (χ0n) is 16.2. The number of hydrogen-bond donors (Lipinski definition) is 0. The zero-order chi connectivity index (χ0) is 20.4. The molecule has 5 rings (SSSR count). The molecule has 0 aromatic heterocycles. The fourth-order valence-electron chi connectivity index (χ4n) is 3.46. The van der Waals surface area contributed by atoms with Crippen molar-refractivity contribution in [1.82, 2.24) is 0 Å². The monoisotopic (exact) mass is 388 g/mol. The van der Waals surface area contributed by atoms with Gasteiger partial charge in [0.15, 0.2) is 0 Å². The molecule has 5 nitrogen and oxygen atoms in total.